The Kier molecular flexibility index (Phi) is 2.98. The first-order chi connectivity index (χ1) is 7.26. The molecule has 0 fully saturated rings. The van der Waals surface area contributed by atoms with Crippen LogP contribution >= 0.6 is 11.6 Å². The number of aliphatic hydroxyl groups excluding tert-OH is 1. The van der Waals surface area contributed by atoms with E-state index in [0.29, 0.717) is 5.76 Å². The molecule has 0 radical (unpaired) electrons. The average molecular weight is 225 g/mol. The van der Waals surface area contributed by atoms with Crippen molar-refractivity contribution >= 4 is 22.6 Å². The lowest BCUT2D eigenvalue weighted by molar-refractivity contribution is 0.175. The van der Waals surface area contributed by atoms with Gasteiger partial charge in [-0.2, -0.15) is 0 Å². The number of alkyl halides is 1. The van der Waals surface area contributed by atoms with Gasteiger partial charge in [-0.1, -0.05) is 25.1 Å². The van der Waals surface area contributed by atoms with Crippen molar-refractivity contribution in [2.75, 3.05) is 5.88 Å². The normalized spacial score (nSPS) is 13.3. The van der Waals surface area contributed by atoms with Gasteiger partial charge < -0.3 is 9.52 Å². The molecule has 2 nitrogen and oxygen atoms in total. The first-order valence-electron chi connectivity index (χ1n) is 5.01. The van der Waals surface area contributed by atoms with Gasteiger partial charge >= 0.3 is 0 Å². The van der Waals surface area contributed by atoms with Crippen molar-refractivity contribution in [1.29, 1.82) is 0 Å². The van der Waals surface area contributed by atoms with E-state index in [4.69, 9.17) is 16.0 Å². The summed E-state index contributed by atoms with van der Waals surface area (Å²) < 4.78 is 5.61. The molecule has 0 saturated carbocycles. The summed E-state index contributed by atoms with van der Waals surface area (Å²) >= 11 is 5.58. The highest BCUT2D eigenvalue weighted by atomic mass is 35.5. The Labute approximate surface area is 93.5 Å². The summed E-state index contributed by atoms with van der Waals surface area (Å²) in [5.74, 6) is 0.697. The predicted octanol–water partition coefficient (Wildman–Crippen LogP) is 3.27. The van der Waals surface area contributed by atoms with Gasteiger partial charge in [-0.15, -0.1) is 11.6 Å². The number of hydrogen-bond acceptors (Lipinski definition) is 2. The molecule has 1 atom stereocenters. The fraction of sp³-hybridized carbons (Fsp3) is 0.333. The number of furan rings is 1. The minimum atomic E-state index is -0.719. The molecular formula is C12H13ClO2. The number of halogens is 1. The van der Waals surface area contributed by atoms with Gasteiger partial charge in [0.15, 0.2) is 0 Å². The van der Waals surface area contributed by atoms with Gasteiger partial charge in [0.05, 0.1) is 5.88 Å². The summed E-state index contributed by atoms with van der Waals surface area (Å²) in [6, 6.07) is 7.85. The number of para-hydroxylation sites is 1. The van der Waals surface area contributed by atoms with Gasteiger partial charge in [-0.05, 0) is 18.1 Å². The third-order valence-corrected chi connectivity index (χ3v) is 2.79. The van der Waals surface area contributed by atoms with E-state index in [1.54, 1.807) is 0 Å². The Balaban J connectivity index is 2.55. The lowest BCUT2D eigenvalue weighted by Crippen LogP contribution is -1.95. The fourth-order valence-corrected chi connectivity index (χ4v) is 1.81. The van der Waals surface area contributed by atoms with Gasteiger partial charge in [0.1, 0.15) is 17.4 Å². The van der Waals surface area contributed by atoms with Crippen LogP contribution in [0.4, 0.5) is 0 Å². The Morgan fingerprint density at radius 2 is 2.27 bits per heavy atom. The summed E-state index contributed by atoms with van der Waals surface area (Å²) in [7, 11) is 0. The second kappa shape index (κ2) is 4.25. The Hall–Kier alpha value is -0.990. The van der Waals surface area contributed by atoms with Crippen molar-refractivity contribution in [2.45, 2.75) is 19.4 Å². The molecule has 0 bridgehead atoms. The zero-order chi connectivity index (χ0) is 10.8. The predicted molar refractivity (Wildman–Crippen MR) is 61.3 cm³/mol. The number of rotatable bonds is 3. The highest BCUT2D eigenvalue weighted by Gasteiger charge is 2.13. The van der Waals surface area contributed by atoms with Crippen LogP contribution in [0.15, 0.2) is 28.7 Å². The summed E-state index contributed by atoms with van der Waals surface area (Å²) in [5.41, 5.74) is 2.01. The van der Waals surface area contributed by atoms with Crippen molar-refractivity contribution in [2.24, 2.45) is 0 Å². The lowest BCUT2D eigenvalue weighted by atomic mass is 10.1. The maximum Gasteiger partial charge on any atom is 0.137 e. The third kappa shape index (κ3) is 1.87. The second-order valence-electron chi connectivity index (χ2n) is 3.51. The van der Waals surface area contributed by atoms with Crippen molar-refractivity contribution in [3.8, 4) is 0 Å². The summed E-state index contributed by atoms with van der Waals surface area (Å²) in [6.07, 6.45) is 0.199. The molecule has 1 aromatic carbocycles. The standard InChI is InChI=1S/C12H13ClO2/c1-2-8-4-3-5-9-6-11(10(14)7-13)15-12(8)9/h3-6,10,14H,2,7H2,1H3/t10-/m1/s1. The summed E-state index contributed by atoms with van der Waals surface area (Å²) in [4.78, 5) is 0. The van der Waals surface area contributed by atoms with Crippen LogP contribution in [0.1, 0.15) is 24.4 Å². The van der Waals surface area contributed by atoms with Crippen molar-refractivity contribution in [3.63, 3.8) is 0 Å². The van der Waals surface area contributed by atoms with Gasteiger partial charge in [0.25, 0.3) is 0 Å². The SMILES string of the molecule is CCc1cccc2cc([C@H](O)CCl)oc12. The quantitative estimate of drug-likeness (QED) is 0.812. The summed E-state index contributed by atoms with van der Waals surface area (Å²) in [6.45, 7) is 2.08. The van der Waals surface area contributed by atoms with Gasteiger partial charge in [0.2, 0.25) is 0 Å². The van der Waals surface area contributed by atoms with Gasteiger partial charge in [-0.25, -0.2) is 0 Å². The van der Waals surface area contributed by atoms with E-state index in [9.17, 15) is 5.11 Å². The fourth-order valence-electron chi connectivity index (χ4n) is 1.66. The largest absolute Gasteiger partial charge is 0.458 e. The molecule has 80 valence electrons. The Bertz CT molecular complexity index is 462. The number of benzene rings is 1. The van der Waals surface area contributed by atoms with Crippen LogP contribution in [0.3, 0.4) is 0 Å². The van der Waals surface area contributed by atoms with E-state index >= 15 is 0 Å². The van der Waals surface area contributed by atoms with E-state index in [1.165, 1.54) is 0 Å². The molecule has 1 N–H and O–H groups in total. The van der Waals surface area contributed by atoms with Crippen molar-refractivity contribution in [1.82, 2.24) is 0 Å². The summed E-state index contributed by atoms with van der Waals surface area (Å²) in [5, 5.41) is 10.6. The average Bonchev–Trinajstić information content (AvgIpc) is 2.71. The van der Waals surface area contributed by atoms with E-state index in [2.05, 4.69) is 6.92 Å². The molecule has 0 aliphatic heterocycles. The molecule has 0 aliphatic rings. The monoisotopic (exact) mass is 224 g/mol. The van der Waals surface area contributed by atoms with Crippen LogP contribution in [0.5, 0.6) is 0 Å². The van der Waals surface area contributed by atoms with Crippen LogP contribution in [0.25, 0.3) is 11.0 Å². The topological polar surface area (TPSA) is 33.4 Å². The molecule has 1 aromatic heterocycles. The van der Waals surface area contributed by atoms with E-state index < -0.39 is 6.10 Å². The minimum absolute atomic E-state index is 0.154. The molecule has 3 heteroatoms. The molecule has 1 heterocycles. The molecule has 15 heavy (non-hydrogen) atoms. The van der Waals surface area contributed by atoms with Gasteiger partial charge in [-0.3, -0.25) is 0 Å². The highest BCUT2D eigenvalue weighted by molar-refractivity contribution is 6.18. The zero-order valence-corrected chi connectivity index (χ0v) is 9.29. The minimum Gasteiger partial charge on any atom is -0.458 e. The number of fused-ring (bicyclic) bond motifs is 1. The molecule has 2 rings (SSSR count). The maximum atomic E-state index is 9.57. The lowest BCUT2D eigenvalue weighted by Gasteiger charge is -2.00. The highest BCUT2D eigenvalue weighted by Crippen LogP contribution is 2.27. The number of aliphatic hydroxyl groups is 1. The number of hydrogen-bond donors (Lipinski definition) is 1. The van der Waals surface area contributed by atoms with E-state index in [-0.39, 0.29) is 5.88 Å². The molecule has 0 aliphatic carbocycles. The Morgan fingerprint density at radius 1 is 1.47 bits per heavy atom. The van der Waals surface area contributed by atoms with Crippen LogP contribution in [-0.2, 0) is 6.42 Å². The van der Waals surface area contributed by atoms with Crippen molar-refractivity contribution in [3.05, 3.63) is 35.6 Å². The molecular weight excluding hydrogens is 212 g/mol. The molecule has 0 spiro atoms. The van der Waals surface area contributed by atoms with Crippen molar-refractivity contribution < 1.29 is 9.52 Å². The maximum absolute atomic E-state index is 9.57. The van der Waals surface area contributed by atoms with Crippen LogP contribution in [-0.4, -0.2) is 11.0 Å². The van der Waals surface area contributed by atoms with E-state index in [1.807, 2.05) is 24.3 Å². The molecule has 0 saturated heterocycles. The van der Waals surface area contributed by atoms with Crippen LogP contribution in [0.2, 0.25) is 0 Å². The first-order valence-corrected chi connectivity index (χ1v) is 5.55. The Morgan fingerprint density at radius 3 is 2.93 bits per heavy atom. The third-order valence-electron chi connectivity index (χ3n) is 2.50. The molecule has 0 unspecified atom stereocenters. The van der Waals surface area contributed by atoms with Crippen LogP contribution in [0, 0.1) is 0 Å². The number of aryl methyl sites for hydroxylation is 1. The van der Waals surface area contributed by atoms with E-state index in [0.717, 1.165) is 23.0 Å². The van der Waals surface area contributed by atoms with Crippen LogP contribution < -0.4 is 0 Å². The smallest absolute Gasteiger partial charge is 0.137 e. The van der Waals surface area contributed by atoms with Gasteiger partial charge in [0, 0.05) is 5.39 Å². The second-order valence-corrected chi connectivity index (χ2v) is 3.82. The molecule has 2 aromatic rings. The first kappa shape index (κ1) is 10.5. The zero-order valence-electron chi connectivity index (χ0n) is 8.53. The molecule has 0 amide bonds.